The average Bonchev–Trinajstić information content (AvgIpc) is 3.15. The molecule has 1 aliphatic heterocycles. The standard InChI is InChI=1S/C17H17ClN4O/c1-11-14(10-20-21(11)2)16-4-3-7-22(16)17(23)13-8-12(9-19)5-6-15(13)18/h5-6,8,10,16H,3-4,7H2,1-2H3/t16-/m0/s1. The lowest BCUT2D eigenvalue weighted by Gasteiger charge is -2.25. The number of nitrogens with zero attached hydrogens (tertiary/aromatic N) is 4. The maximum absolute atomic E-state index is 12.9. The first-order valence-electron chi connectivity index (χ1n) is 7.52. The fraction of sp³-hybridized carbons (Fsp3) is 0.353. The van der Waals surface area contributed by atoms with Crippen molar-refractivity contribution in [2.45, 2.75) is 25.8 Å². The Hall–Kier alpha value is -2.32. The molecule has 0 radical (unpaired) electrons. The monoisotopic (exact) mass is 328 g/mol. The first-order valence-corrected chi connectivity index (χ1v) is 7.90. The van der Waals surface area contributed by atoms with Gasteiger partial charge < -0.3 is 4.90 Å². The van der Waals surface area contributed by atoms with E-state index in [-0.39, 0.29) is 11.9 Å². The van der Waals surface area contributed by atoms with E-state index in [4.69, 9.17) is 16.9 Å². The zero-order valence-corrected chi connectivity index (χ0v) is 13.8. The van der Waals surface area contributed by atoms with Gasteiger partial charge in [-0.3, -0.25) is 9.48 Å². The second-order valence-electron chi connectivity index (χ2n) is 5.77. The van der Waals surface area contributed by atoms with Crippen LogP contribution in [0.5, 0.6) is 0 Å². The van der Waals surface area contributed by atoms with E-state index in [1.165, 1.54) is 0 Å². The molecule has 1 aromatic carbocycles. The number of amides is 1. The van der Waals surface area contributed by atoms with Gasteiger partial charge in [0.05, 0.1) is 34.5 Å². The summed E-state index contributed by atoms with van der Waals surface area (Å²) in [6.45, 7) is 2.69. The van der Waals surface area contributed by atoms with Gasteiger partial charge in [0.2, 0.25) is 0 Å². The Kier molecular flexibility index (Phi) is 4.10. The summed E-state index contributed by atoms with van der Waals surface area (Å²) in [6, 6.07) is 6.85. The van der Waals surface area contributed by atoms with Gasteiger partial charge in [-0.2, -0.15) is 10.4 Å². The van der Waals surface area contributed by atoms with E-state index >= 15 is 0 Å². The summed E-state index contributed by atoms with van der Waals surface area (Å²) in [5.41, 5.74) is 2.96. The summed E-state index contributed by atoms with van der Waals surface area (Å²) >= 11 is 6.18. The first-order chi connectivity index (χ1) is 11.0. The molecule has 23 heavy (non-hydrogen) atoms. The molecule has 1 fully saturated rings. The molecule has 6 heteroatoms. The van der Waals surface area contributed by atoms with Crippen LogP contribution in [0.1, 0.15) is 46.1 Å². The van der Waals surface area contributed by atoms with Crippen LogP contribution in [0.3, 0.4) is 0 Å². The number of aryl methyl sites for hydroxylation is 1. The normalized spacial score (nSPS) is 17.3. The molecule has 0 bridgehead atoms. The van der Waals surface area contributed by atoms with Gasteiger partial charge in [0.1, 0.15) is 0 Å². The molecule has 0 N–H and O–H groups in total. The van der Waals surface area contributed by atoms with Crippen molar-refractivity contribution in [2.24, 2.45) is 7.05 Å². The second-order valence-corrected chi connectivity index (χ2v) is 6.18. The van der Waals surface area contributed by atoms with Gasteiger partial charge >= 0.3 is 0 Å². The highest BCUT2D eigenvalue weighted by atomic mass is 35.5. The summed E-state index contributed by atoms with van der Waals surface area (Å²) in [5.74, 6) is -0.127. The molecule has 1 amide bonds. The van der Waals surface area contributed by atoms with Gasteiger partial charge in [0.15, 0.2) is 0 Å². The van der Waals surface area contributed by atoms with Crippen LogP contribution in [0, 0.1) is 18.3 Å². The van der Waals surface area contributed by atoms with Crippen LogP contribution in [-0.4, -0.2) is 27.1 Å². The van der Waals surface area contributed by atoms with E-state index in [1.807, 2.05) is 29.7 Å². The molecule has 2 aromatic rings. The summed E-state index contributed by atoms with van der Waals surface area (Å²) < 4.78 is 1.82. The van der Waals surface area contributed by atoms with E-state index < -0.39 is 0 Å². The van der Waals surface area contributed by atoms with Crippen molar-refractivity contribution in [1.29, 1.82) is 5.26 Å². The minimum atomic E-state index is -0.127. The van der Waals surface area contributed by atoms with E-state index in [9.17, 15) is 4.79 Å². The molecule has 118 valence electrons. The van der Waals surface area contributed by atoms with Crippen molar-refractivity contribution in [3.05, 3.63) is 51.8 Å². The molecule has 0 unspecified atom stereocenters. The van der Waals surface area contributed by atoms with Crippen molar-refractivity contribution < 1.29 is 4.79 Å². The van der Waals surface area contributed by atoms with Crippen LogP contribution in [0.4, 0.5) is 0 Å². The van der Waals surface area contributed by atoms with Gasteiger partial charge in [0.25, 0.3) is 5.91 Å². The number of nitriles is 1. The number of hydrogen-bond acceptors (Lipinski definition) is 3. The Morgan fingerprint density at radius 2 is 2.26 bits per heavy atom. The van der Waals surface area contributed by atoms with Gasteiger partial charge in [-0.15, -0.1) is 0 Å². The number of hydrogen-bond donors (Lipinski definition) is 0. The number of likely N-dealkylation sites (tertiary alicyclic amines) is 1. The molecule has 2 heterocycles. The Morgan fingerprint density at radius 3 is 2.91 bits per heavy atom. The molecule has 1 aliphatic rings. The summed E-state index contributed by atoms with van der Waals surface area (Å²) in [6.07, 6.45) is 3.69. The van der Waals surface area contributed by atoms with Gasteiger partial charge in [-0.1, -0.05) is 11.6 Å². The van der Waals surface area contributed by atoms with Crippen LogP contribution in [0.2, 0.25) is 5.02 Å². The highest BCUT2D eigenvalue weighted by molar-refractivity contribution is 6.33. The molecule has 0 spiro atoms. The van der Waals surface area contributed by atoms with Gasteiger partial charge in [0, 0.05) is 24.8 Å². The van der Waals surface area contributed by atoms with E-state index in [2.05, 4.69) is 11.2 Å². The molecule has 5 nitrogen and oxygen atoms in total. The Balaban J connectivity index is 1.96. The predicted molar refractivity (Wildman–Crippen MR) is 87.1 cm³/mol. The minimum Gasteiger partial charge on any atom is -0.331 e. The maximum Gasteiger partial charge on any atom is 0.255 e. The van der Waals surface area contributed by atoms with Crippen molar-refractivity contribution >= 4 is 17.5 Å². The highest BCUT2D eigenvalue weighted by Gasteiger charge is 2.33. The van der Waals surface area contributed by atoms with Crippen molar-refractivity contribution in [3.63, 3.8) is 0 Å². The molecule has 3 rings (SSSR count). The number of carbonyl (C=O) groups is 1. The molecule has 0 aliphatic carbocycles. The molecular weight excluding hydrogens is 312 g/mol. The van der Waals surface area contributed by atoms with Crippen LogP contribution >= 0.6 is 11.6 Å². The minimum absolute atomic E-state index is 0.0120. The van der Waals surface area contributed by atoms with Crippen molar-refractivity contribution in [2.75, 3.05) is 6.54 Å². The molecule has 1 atom stereocenters. The number of aromatic nitrogens is 2. The van der Waals surface area contributed by atoms with Crippen LogP contribution < -0.4 is 0 Å². The largest absolute Gasteiger partial charge is 0.331 e. The molecule has 1 saturated heterocycles. The second kappa shape index (κ2) is 6.05. The Labute approximate surface area is 140 Å². The molecule has 0 saturated carbocycles. The van der Waals surface area contributed by atoms with Crippen molar-refractivity contribution in [3.8, 4) is 6.07 Å². The maximum atomic E-state index is 12.9. The SMILES string of the molecule is Cc1c([C@@H]2CCCN2C(=O)c2cc(C#N)ccc2Cl)cnn1C. The fourth-order valence-corrected chi connectivity index (χ4v) is 3.29. The van der Waals surface area contributed by atoms with Gasteiger partial charge in [-0.05, 0) is 38.0 Å². The zero-order chi connectivity index (χ0) is 16.6. The fourth-order valence-electron chi connectivity index (χ4n) is 3.09. The Morgan fingerprint density at radius 1 is 1.48 bits per heavy atom. The molecule has 1 aromatic heterocycles. The number of carbonyl (C=O) groups excluding carboxylic acids is 1. The average molecular weight is 329 g/mol. The van der Waals surface area contributed by atoms with Crippen LogP contribution in [-0.2, 0) is 7.05 Å². The number of halogens is 1. The predicted octanol–water partition coefficient (Wildman–Crippen LogP) is 3.23. The smallest absolute Gasteiger partial charge is 0.255 e. The number of benzene rings is 1. The highest BCUT2D eigenvalue weighted by Crippen LogP contribution is 2.35. The Bertz CT molecular complexity index is 805. The first kappa shape index (κ1) is 15.6. The van der Waals surface area contributed by atoms with Crippen LogP contribution in [0.15, 0.2) is 24.4 Å². The third kappa shape index (κ3) is 2.71. The molecular formula is C17H17ClN4O. The van der Waals surface area contributed by atoms with E-state index in [0.29, 0.717) is 22.7 Å². The van der Waals surface area contributed by atoms with E-state index in [0.717, 1.165) is 24.1 Å². The lowest BCUT2D eigenvalue weighted by Crippen LogP contribution is -2.31. The van der Waals surface area contributed by atoms with E-state index in [1.54, 1.807) is 18.2 Å². The topological polar surface area (TPSA) is 61.9 Å². The lowest BCUT2D eigenvalue weighted by molar-refractivity contribution is 0.0735. The van der Waals surface area contributed by atoms with Gasteiger partial charge in [-0.25, -0.2) is 0 Å². The third-order valence-electron chi connectivity index (χ3n) is 4.47. The third-order valence-corrected chi connectivity index (χ3v) is 4.80. The zero-order valence-electron chi connectivity index (χ0n) is 13.1. The summed E-state index contributed by atoms with van der Waals surface area (Å²) in [7, 11) is 1.90. The van der Waals surface area contributed by atoms with Crippen molar-refractivity contribution in [1.82, 2.24) is 14.7 Å². The lowest BCUT2D eigenvalue weighted by atomic mass is 10.0. The summed E-state index contributed by atoms with van der Waals surface area (Å²) in [4.78, 5) is 14.8. The number of rotatable bonds is 2. The van der Waals surface area contributed by atoms with Crippen LogP contribution in [0.25, 0.3) is 0 Å². The quantitative estimate of drug-likeness (QED) is 0.850. The summed E-state index contributed by atoms with van der Waals surface area (Å²) in [5, 5.41) is 13.7.